The van der Waals surface area contributed by atoms with Crippen molar-refractivity contribution < 1.29 is 18.7 Å². The van der Waals surface area contributed by atoms with Gasteiger partial charge in [-0.3, -0.25) is 4.79 Å². The van der Waals surface area contributed by atoms with Gasteiger partial charge in [0, 0.05) is 12.6 Å². The first-order chi connectivity index (χ1) is 10.8. The van der Waals surface area contributed by atoms with Crippen molar-refractivity contribution in [2.24, 2.45) is 5.92 Å². The lowest BCUT2D eigenvalue weighted by Gasteiger charge is -2.23. The summed E-state index contributed by atoms with van der Waals surface area (Å²) in [6.45, 7) is 7.77. The minimum absolute atomic E-state index is 0.0618. The maximum atomic E-state index is 12.3. The van der Waals surface area contributed by atoms with Crippen LogP contribution in [0.15, 0.2) is 16.7 Å². The molecule has 1 fully saturated rings. The van der Waals surface area contributed by atoms with E-state index in [-0.39, 0.29) is 17.9 Å². The van der Waals surface area contributed by atoms with Crippen LogP contribution in [0, 0.1) is 12.8 Å². The molecular weight excluding hydrogens is 296 g/mol. The minimum Gasteiger partial charge on any atom is -0.469 e. The second-order valence-corrected chi connectivity index (χ2v) is 7.04. The number of carbonyl (C=O) groups excluding carboxylic acids is 2. The molecule has 1 aliphatic carbocycles. The molecule has 1 saturated carbocycles. The number of nitrogens with one attached hydrogen (secondary N) is 2. The Labute approximate surface area is 137 Å². The summed E-state index contributed by atoms with van der Waals surface area (Å²) in [5, 5.41) is 5.85. The van der Waals surface area contributed by atoms with Gasteiger partial charge in [0.25, 0.3) is 5.91 Å². The first-order valence-corrected chi connectivity index (χ1v) is 8.08. The number of rotatable bonds is 4. The molecule has 6 nitrogen and oxygen atoms in total. The molecule has 0 radical (unpaired) electrons. The summed E-state index contributed by atoms with van der Waals surface area (Å²) in [5.74, 6) is 0.716. The number of hydrogen-bond donors (Lipinski definition) is 2. The van der Waals surface area contributed by atoms with Crippen molar-refractivity contribution in [3.8, 4) is 0 Å². The van der Waals surface area contributed by atoms with Crippen LogP contribution in [0.2, 0.25) is 0 Å². The topological polar surface area (TPSA) is 80.6 Å². The van der Waals surface area contributed by atoms with Gasteiger partial charge in [-0.2, -0.15) is 0 Å². The number of carbonyl (C=O) groups is 2. The summed E-state index contributed by atoms with van der Waals surface area (Å²) < 4.78 is 10.4. The van der Waals surface area contributed by atoms with Gasteiger partial charge < -0.3 is 19.8 Å². The Morgan fingerprint density at radius 3 is 2.70 bits per heavy atom. The maximum absolute atomic E-state index is 12.3. The Bertz CT molecular complexity index is 559. The van der Waals surface area contributed by atoms with E-state index in [0.29, 0.717) is 17.9 Å². The van der Waals surface area contributed by atoms with Gasteiger partial charge in [0.15, 0.2) is 0 Å². The zero-order chi connectivity index (χ0) is 17.0. The summed E-state index contributed by atoms with van der Waals surface area (Å²) >= 11 is 0. The van der Waals surface area contributed by atoms with E-state index in [0.717, 1.165) is 19.3 Å². The van der Waals surface area contributed by atoms with Gasteiger partial charge in [-0.1, -0.05) is 6.42 Å². The van der Waals surface area contributed by atoms with Crippen molar-refractivity contribution in [1.29, 1.82) is 0 Å². The molecule has 6 heteroatoms. The number of amides is 2. The number of alkyl carbamates (subject to hydrolysis) is 1. The van der Waals surface area contributed by atoms with Crippen LogP contribution in [-0.4, -0.2) is 30.2 Å². The Kier molecular flexibility index (Phi) is 5.34. The van der Waals surface area contributed by atoms with Crippen molar-refractivity contribution in [3.05, 3.63) is 23.7 Å². The lowest BCUT2D eigenvalue weighted by atomic mass is 10.0. The van der Waals surface area contributed by atoms with Gasteiger partial charge in [0.05, 0.1) is 11.8 Å². The van der Waals surface area contributed by atoms with Crippen LogP contribution in [0.4, 0.5) is 4.79 Å². The van der Waals surface area contributed by atoms with Crippen molar-refractivity contribution in [1.82, 2.24) is 10.6 Å². The molecule has 0 aliphatic heterocycles. The van der Waals surface area contributed by atoms with Crippen LogP contribution >= 0.6 is 0 Å². The van der Waals surface area contributed by atoms with Gasteiger partial charge >= 0.3 is 6.09 Å². The van der Waals surface area contributed by atoms with Gasteiger partial charge in [-0.05, 0) is 52.5 Å². The molecule has 2 amide bonds. The molecule has 1 aromatic rings. The standard InChI is InChI=1S/C17H26N2O4/c1-11-13(8-9-22-11)15(20)19-14-7-5-6-12(14)10-18-16(21)23-17(2,3)4/h8-9,12,14H,5-7,10H2,1-4H3,(H,18,21)(H,19,20)/t12-,14-/m0/s1. The molecule has 1 aliphatic rings. The summed E-state index contributed by atoms with van der Waals surface area (Å²) in [6, 6.07) is 1.74. The van der Waals surface area contributed by atoms with Crippen LogP contribution in [0.1, 0.15) is 56.2 Å². The Balaban J connectivity index is 1.84. The molecule has 2 N–H and O–H groups in total. The third-order valence-corrected chi connectivity index (χ3v) is 3.99. The van der Waals surface area contributed by atoms with E-state index in [1.165, 1.54) is 6.26 Å². The van der Waals surface area contributed by atoms with E-state index in [2.05, 4.69) is 10.6 Å². The average molecular weight is 322 g/mol. The molecule has 0 unspecified atom stereocenters. The molecule has 0 aromatic carbocycles. The molecule has 1 aromatic heterocycles. The number of aryl methyl sites for hydroxylation is 1. The molecule has 2 rings (SSSR count). The predicted octanol–water partition coefficient (Wildman–Crippen LogP) is 3.01. The van der Waals surface area contributed by atoms with E-state index in [4.69, 9.17) is 9.15 Å². The van der Waals surface area contributed by atoms with E-state index in [9.17, 15) is 9.59 Å². The third-order valence-electron chi connectivity index (χ3n) is 3.99. The fraction of sp³-hybridized carbons (Fsp3) is 0.647. The Hall–Kier alpha value is -1.98. The highest BCUT2D eigenvalue weighted by atomic mass is 16.6. The summed E-state index contributed by atoms with van der Waals surface area (Å²) in [5.41, 5.74) is 0.0578. The normalized spacial score (nSPS) is 21.0. The molecule has 2 atom stereocenters. The van der Waals surface area contributed by atoms with Gasteiger partial charge in [-0.25, -0.2) is 4.79 Å². The Morgan fingerprint density at radius 2 is 2.09 bits per heavy atom. The van der Waals surface area contributed by atoms with Gasteiger partial charge in [0.2, 0.25) is 0 Å². The maximum Gasteiger partial charge on any atom is 0.407 e. The zero-order valence-corrected chi connectivity index (χ0v) is 14.3. The van der Waals surface area contributed by atoms with Crippen LogP contribution in [0.3, 0.4) is 0 Å². The monoisotopic (exact) mass is 322 g/mol. The molecule has 0 spiro atoms. The van der Waals surface area contributed by atoms with Gasteiger partial charge in [-0.15, -0.1) is 0 Å². The van der Waals surface area contributed by atoms with Crippen molar-refractivity contribution in [2.75, 3.05) is 6.54 Å². The van der Waals surface area contributed by atoms with Crippen molar-refractivity contribution >= 4 is 12.0 Å². The molecule has 128 valence electrons. The van der Waals surface area contributed by atoms with Crippen LogP contribution < -0.4 is 10.6 Å². The SMILES string of the molecule is Cc1occc1C(=O)N[C@H]1CCC[C@H]1CNC(=O)OC(C)(C)C. The molecule has 23 heavy (non-hydrogen) atoms. The quantitative estimate of drug-likeness (QED) is 0.893. The van der Waals surface area contributed by atoms with Crippen LogP contribution in [-0.2, 0) is 4.74 Å². The summed E-state index contributed by atoms with van der Waals surface area (Å²) in [7, 11) is 0. The smallest absolute Gasteiger partial charge is 0.407 e. The molecule has 0 saturated heterocycles. The second kappa shape index (κ2) is 7.06. The molecule has 1 heterocycles. The van der Waals surface area contributed by atoms with E-state index in [1.54, 1.807) is 13.0 Å². The summed E-state index contributed by atoms with van der Waals surface area (Å²) in [6.07, 6.45) is 4.03. The first-order valence-electron chi connectivity index (χ1n) is 8.08. The molecular formula is C17H26N2O4. The number of ether oxygens (including phenoxy) is 1. The van der Waals surface area contributed by atoms with Crippen molar-refractivity contribution in [2.45, 2.75) is 58.6 Å². The fourth-order valence-corrected chi connectivity index (χ4v) is 2.87. The highest BCUT2D eigenvalue weighted by Gasteiger charge is 2.30. The van der Waals surface area contributed by atoms with E-state index >= 15 is 0 Å². The molecule has 0 bridgehead atoms. The first kappa shape index (κ1) is 17.4. The van der Waals surface area contributed by atoms with Crippen molar-refractivity contribution in [3.63, 3.8) is 0 Å². The second-order valence-electron chi connectivity index (χ2n) is 7.04. The van der Waals surface area contributed by atoms with Crippen LogP contribution in [0.5, 0.6) is 0 Å². The zero-order valence-electron chi connectivity index (χ0n) is 14.3. The van der Waals surface area contributed by atoms with E-state index < -0.39 is 11.7 Å². The number of hydrogen-bond acceptors (Lipinski definition) is 4. The minimum atomic E-state index is -0.508. The Morgan fingerprint density at radius 1 is 1.35 bits per heavy atom. The largest absolute Gasteiger partial charge is 0.469 e. The lowest BCUT2D eigenvalue weighted by molar-refractivity contribution is 0.0517. The fourth-order valence-electron chi connectivity index (χ4n) is 2.87. The highest BCUT2D eigenvalue weighted by Crippen LogP contribution is 2.26. The lowest BCUT2D eigenvalue weighted by Crippen LogP contribution is -2.43. The van der Waals surface area contributed by atoms with Crippen LogP contribution in [0.25, 0.3) is 0 Å². The highest BCUT2D eigenvalue weighted by molar-refractivity contribution is 5.95. The predicted molar refractivity (Wildman–Crippen MR) is 86.3 cm³/mol. The van der Waals surface area contributed by atoms with E-state index in [1.807, 2.05) is 20.8 Å². The third kappa shape index (κ3) is 5.01. The number of furan rings is 1. The van der Waals surface area contributed by atoms with Gasteiger partial charge in [0.1, 0.15) is 11.4 Å². The average Bonchev–Trinajstić information content (AvgIpc) is 3.03. The summed E-state index contributed by atoms with van der Waals surface area (Å²) in [4.78, 5) is 24.0.